The molecule has 1 unspecified atom stereocenters. The Bertz CT molecular complexity index is 3030. The van der Waals surface area contributed by atoms with Gasteiger partial charge < -0.3 is 61.8 Å². The Hall–Kier alpha value is -2.52. The molecule has 2 fully saturated rings. The fraction of sp³-hybridized carbons (Fsp3) is 0.545. The molecule has 0 spiro atoms. The molecule has 2 heterocycles. The van der Waals surface area contributed by atoms with E-state index in [2.05, 4.69) is 94.5 Å². The lowest BCUT2D eigenvalue weighted by Crippen LogP contribution is -2.64. The van der Waals surface area contributed by atoms with Crippen molar-refractivity contribution in [2.75, 3.05) is 33.4 Å². The predicted molar refractivity (Wildman–Crippen MR) is 314 cm³/mol. The van der Waals surface area contributed by atoms with E-state index < -0.39 is 128 Å². The Labute approximate surface area is 493 Å². The summed E-state index contributed by atoms with van der Waals surface area (Å²) in [4.78, 5) is 12.9. The SMILES string of the molecule is C[Si](C)(C)OC[C@H]1OC(=O)[C@H](O[Si](C)(C)C)[C@@H](O[Si](C)(C)C)[C@@H]1O[Si](C)(C)C.[2H]C([2H])(c1ccc(OC([2H])([2H])C([2H])([2H])[2H])cc1)c1cc(Br)ccc1Cl.[2H]C([2H])(c1ccc(OC([2H])([2H])C([2H])([2H])[2H])cc1)c1cc(C2(OC)O[C@H](CO)[C@@H](O)[C@H](O)[C@H]2O)ccc1Cl. The average Bonchev–Trinajstić information content (AvgIpc) is 0.769. The lowest BCUT2D eigenvalue weighted by atomic mass is 9.87. The summed E-state index contributed by atoms with van der Waals surface area (Å²) in [5.74, 6) is -2.59. The molecule has 4 aromatic carbocycles. The molecule has 4 aromatic rings. The van der Waals surface area contributed by atoms with Gasteiger partial charge in [0, 0.05) is 40.9 Å². The molecular weight excluding hydrogens is 1150 g/mol. The minimum Gasteiger partial charge on any atom is -0.494 e. The minimum absolute atomic E-state index is 0.0105. The largest absolute Gasteiger partial charge is 0.494 e. The van der Waals surface area contributed by atoms with Gasteiger partial charge in [-0.25, -0.2) is 4.79 Å². The third kappa shape index (κ3) is 20.2. The molecule has 76 heavy (non-hydrogen) atoms. The van der Waals surface area contributed by atoms with Gasteiger partial charge in [-0.1, -0.05) is 69.5 Å². The first-order valence-electron chi connectivity index (χ1n) is 31.2. The highest BCUT2D eigenvalue weighted by Gasteiger charge is 2.55. The van der Waals surface area contributed by atoms with E-state index in [-0.39, 0.29) is 61.4 Å². The van der Waals surface area contributed by atoms with Gasteiger partial charge in [-0.15, -0.1) is 0 Å². The molecular formula is C55H83BrCl2O14Si4. The van der Waals surface area contributed by atoms with Crippen molar-refractivity contribution in [2.45, 2.75) is 160 Å². The van der Waals surface area contributed by atoms with E-state index in [1.807, 2.05) is 0 Å². The van der Waals surface area contributed by atoms with Crippen LogP contribution >= 0.6 is 39.1 Å². The number of benzene rings is 4. The lowest BCUT2D eigenvalue weighted by Gasteiger charge is -2.47. The first-order valence-corrected chi connectivity index (χ1v) is 39.4. The number of methoxy groups -OCH3 is 1. The van der Waals surface area contributed by atoms with E-state index in [0.717, 1.165) is 0 Å². The van der Waals surface area contributed by atoms with Gasteiger partial charge >= 0.3 is 5.97 Å². The minimum atomic E-state index is -3.05. The topological polar surface area (TPSA) is 181 Å². The van der Waals surface area contributed by atoms with Crippen LogP contribution in [0.3, 0.4) is 0 Å². The highest BCUT2D eigenvalue weighted by atomic mass is 79.9. The van der Waals surface area contributed by atoms with Crippen LogP contribution in [0.15, 0.2) is 89.4 Å². The molecule has 14 nitrogen and oxygen atoms in total. The maximum Gasteiger partial charge on any atom is 0.337 e. The zero-order valence-corrected chi connectivity index (χ0v) is 52.2. The quantitative estimate of drug-likeness (QED) is 0.0485. The molecule has 21 heteroatoms. The van der Waals surface area contributed by atoms with Crippen LogP contribution in [0.25, 0.3) is 0 Å². The Balaban J connectivity index is 0.000000295. The predicted octanol–water partition coefficient (Wildman–Crippen LogP) is 11.1. The van der Waals surface area contributed by atoms with Crippen LogP contribution in [-0.4, -0.2) is 142 Å². The second kappa shape index (κ2) is 28.8. The molecule has 2 aliphatic rings. The molecule has 2 saturated heterocycles. The monoisotopic (exact) mass is 1240 g/mol. The lowest BCUT2D eigenvalue weighted by molar-refractivity contribution is -0.366. The van der Waals surface area contributed by atoms with E-state index in [4.69, 9.17) is 83.8 Å². The molecule has 0 saturated carbocycles. The average molecular weight is 1250 g/mol. The summed E-state index contributed by atoms with van der Waals surface area (Å²) in [6, 6.07) is 19.3. The number of rotatable bonds is 20. The molecule has 2 aliphatic heterocycles. The van der Waals surface area contributed by atoms with Crippen LogP contribution in [0, 0.1) is 0 Å². The number of esters is 1. The van der Waals surface area contributed by atoms with Crippen molar-refractivity contribution in [3.05, 3.63) is 127 Å². The Kier molecular flexibility index (Phi) is 17.8. The summed E-state index contributed by atoms with van der Waals surface area (Å²) in [5.41, 5.74) is 0.547. The molecule has 0 bridgehead atoms. The zero-order valence-electron chi connectivity index (χ0n) is 59.1. The van der Waals surface area contributed by atoms with E-state index in [1.165, 1.54) is 73.8 Å². The van der Waals surface area contributed by atoms with Crippen molar-refractivity contribution >= 4 is 78.4 Å². The molecule has 0 radical (unpaired) electrons. The molecule has 0 aliphatic carbocycles. The highest BCUT2D eigenvalue weighted by Crippen LogP contribution is 2.41. The van der Waals surface area contributed by atoms with Gasteiger partial charge in [0.1, 0.15) is 48.1 Å². The number of aliphatic hydroxyl groups is 4. The fourth-order valence-corrected chi connectivity index (χ4v) is 12.1. The third-order valence-electron chi connectivity index (χ3n) is 10.8. The van der Waals surface area contributed by atoms with Crippen LogP contribution in [0.5, 0.6) is 11.5 Å². The number of carbonyl (C=O) groups is 1. The second-order valence-electron chi connectivity index (χ2n) is 21.6. The third-order valence-corrected chi connectivity index (χ3v) is 15.9. The second-order valence-corrected chi connectivity index (χ2v) is 41.2. The van der Waals surface area contributed by atoms with Crippen molar-refractivity contribution in [1.29, 1.82) is 0 Å². The zero-order chi connectivity index (χ0) is 69.1. The van der Waals surface area contributed by atoms with Gasteiger partial charge in [-0.05, 0) is 182 Å². The molecule has 0 aromatic heterocycles. The van der Waals surface area contributed by atoms with Crippen molar-refractivity contribution in [2.24, 2.45) is 0 Å². The first kappa shape index (κ1) is 47.1. The number of aliphatic hydroxyl groups excluding tert-OH is 4. The Morgan fingerprint density at radius 2 is 1.14 bits per heavy atom. The smallest absolute Gasteiger partial charge is 0.337 e. The van der Waals surface area contributed by atoms with Crippen molar-refractivity contribution in [3.63, 3.8) is 0 Å². The van der Waals surface area contributed by atoms with Crippen LogP contribution in [0.2, 0.25) is 88.6 Å². The van der Waals surface area contributed by atoms with Crippen LogP contribution < -0.4 is 9.47 Å². The molecule has 9 atom stereocenters. The van der Waals surface area contributed by atoms with Gasteiger partial charge in [0.15, 0.2) is 45.5 Å². The molecule has 4 N–H and O–H groups in total. The van der Waals surface area contributed by atoms with E-state index in [0.29, 0.717) is 11.1 Å². The maximum absolute atomic E-state index is 12.9. The summed E-state index contributed by atoms with van der Waals surface area (Å²) in [6.45, 7) is 13.2. The maximum atomic E-state index is 12.9. The summed E-state index contributed by atoms with van der Waals surface area (Å²) in [7, 11) is -6.50. The summed E-state index contributed by atoms with van der Waals surface area (Å²) < 4.78 is 160. The summed E-state index contributed by atoms with van der Waals surface area (Å²) in [5, 5.41) is 41.0. The Morgan fingerprint density at radius 3 is 1.61 bits per heavy atom. The fourth-order valence-electron chi connectivity index (χ4n) is 7.59. The highest BCUT2D eigenvalue weighted by molar-refractivity contribution is 9.10. The van der Waals surface area contributed by atoms with Gasteiger partial charge in [0.25, 0.3) is 0 Å². The number of halogens is 3. The molecule has 6 rings (SSSR count). The number of ether oxygens (including phenoxy) is 5. The van der Waals surface area contributed by atoms with Gasteiger partial charge in [-0.2, -0.15) is 0 Å². The van der Waals surface area contributed by atoms with Crippen LogP contribution in [0.1, 0.15) is 60.7 Å². The molecule has 0 amide bonds. The van der Waals surface area contributed by atoms with Gasteiger partial charge in [0.2, 0.25) is 5.79 Å². The van der Waals surface area contributed by atoms with Crippen LogP contribution in [-0.2, 0) is 55.2 Å². The standard InChI is InChI=1S/C22H27ClO7.C18H42O6Si4.C15H14BrClO/c1-3-29-16-7-4-13(5-8-16)10-14-11-15(6-9-17(14)23)22(28-2)21(27)20(26)19(25)18(12-24)30-22;1-25(2,3)20-13-14-15(22-26(4,5)6)16(23-27(7,8)9)17(18(19)21-14)24-28(10,11)12;1-2-18-14-6-3-11(4-7-14)9-12-10-13(16)5-8-15(12)17/h4-9,11,18-21,24-27H,3,10,12H2,1-2H3;14-17H,13H2,1-12H3;3-8,10H,2,9H2,1H3/t18-,19-,20+,21-,22?;14-,15-,16+,17-;/m11./s1/i1D3,3D2,10D2;;1D3,2D2,9D2. The van der Waals surface area contributed by atoms with Crippen molar-refractivity contribution < 1.29 is 85.8 Å². The summed E-state index contributed by atoms with van der Waals surface area (Å²) >= 11 is 15.7. The number of hydrogen-bond donors (Lipinski definition) is 4. The van der Waals surface area contributed by atoms with E-state index in [9.17, 15) is 25.2 Å². The molecule has 424 valence electrons. The van der Waals surface area contributed by atoms with Gasteiger partial charge in [-0.3, -0.25) is 0 Å². The summed E-state index contributed by atoms with van der Waals surface area (Å²) in [6.07, 6.45) is -12.8. The number of cyclic esters (lactones) is 1. The first-order chi connectivity index (χ1) is 40.6. The van der Waals surface area contributed by atoms with E-state index in [1.54, 1.807) is 18.2 Å². The van der Waals surface area contributed by atoms with Crippen molar-refractivity contribution in [1.82, 2.24) is 0 Å². The number of hydrogen-bond acceptors (Lipinski definition) is 14. The van der Waals surface area contributed by atoms with Gasteiger partial charge in [0.05, 0.1) is 31.8 Å². The van der Waals surface area contributed by atoms with E-state index >= 15 is 0 Å². The van der Waals surface area contributed by atoms with Crippen molar-refractivity contribution in [3.8, 4) is 11.5 Å². The number of carbonyl (C=O) groups excluding carboxylic acids is 1. The Morgan fingerprint density at radius 1 is 0.658 bits per heavy atom. The van der Waals surface area contributed by atoms with Crippen LogP contribution in [0.4, 0.5) is 0 Å². The normalized spacial score (nSPS) is 27.9.